The van der Waals surface area contributed by atoms with Crippen molar-refractivity contribution in [1.82, 2.24) is 0 Å². The van der Waals surface area contributed by atoms with Crippen LogP contribution in [0.25, 0.3) is 0 Å². The highest BCUT2D eigenvalue weighted by Gasteiger charge is 2.26. The van der Waals surface area contributed by atoms with E-state index in [1.54, 1.807) is 0 Å². The van der Waals surface area contributed by atoms with Crippen molar-refractivity contribution in [2.75, 3.05) is 14.2 Å². The molecule has 9 nitrogen and oxygen atoms in total. The van der Waals surface area contributed by atoms with Gasteiger partial charge in [0.15, 0.2) is 5.78 Å². The zero-order valence-electron chi connectivity index (χ0n) is 15.5. The lowest BCUT2D eigenvalue weighted by Gasteiger charge is -2.12. The van der Waals surface area contributed by atoms with Gasteiger partial charge in [-0.25, -0.2) is 14.6 Å². The number of benzene rings is 1. The van der Waals surface area contributed by atoms with E-state index in [1.165, 1.54) is 38.1 Å². The zero-order chi connectivity index (χ0) is 21.0. The SMILES string of the molecule is COC(=O)c1sc(=Nc2ccc([N+](=O)[O-])cc2)c(C(C)=O)c(C)c1C(=O)OC. The van der Waals surface area contributed by atoms with Crippen LogP contribution in [-0.2, 0) is 9.47 Å². The summed E-state index contributed by atoms with van der Waals surface area (Å²) in [5, 5.41) is 10.8. The molecule has 10 heteroatoms. The average molecular weight is 404 g/mol. The van der Waals surface area contributed by atoms with Gasteiger partial charge in [0.1, 0.15) is 9.55 Å². The normalized spacial score (nSPS) is 11.1. The topological polar surface area (TPSA) is 125 Å². The van der Waals surface area contributed by atoms with Gasteiger partial charge in [0.25, 0.3) is 5.69 Å². The summed E-state index contributed by atoms with van der Waals surface area (Å²) in [5.74, 6) is -1.92. The number of hydrogen-bond donors (Lipinski definition) is 0. The largest absolute Gasteiger partial charge is 0.465 e. The molecule has 0 N–H and O–H groups in total. The van der Waals surface area contributed by atoms with Crippen molar-refractivity contribution in [1.29, 1.82) is 0 Å². The molecule has 1 heterocycles. The Bertz CT molecular complexity index is 1040. The van der Waals surface area contributed by atoms with Crippen LogP contribution in [0.3, 0.4) is 0 Å². The number of ketones is 1. The van der Waals surface area contributed by atoms with E-state index < -0.39 is 16.9 Å². The summed E-state index contributed by atoms with van der Waals surface area (Å²) < 4.78 is 9.64. The number of rotatable bonds is 5. The number of carbonyl (C=O) groups is 3. The summed E-state index contributed by atoms with van der Waals surface area (Å²) in [6.07, 6.45) is 0. The van der Waals surface area contributed by atoms with Crippen LogP contribution in [0.1, 0.15) is 42.9 Å². The summed E-state index contributed by atoms with van der Waals surface area (Å²) in [6.45, 7) is 2.82. The molecule has 0 unspecified atom stereocenters. The van der Waals surface area contributed by atoms with E-state index >= 15 is 0 Å². The molecule has 0 saturated heterocycles. The van der Waals surface area contributed by atoms with Crippen molar-refractivity contribution < 1.29 is 28.8 Å². The third-order valence-electron chi connectivity index (χ3n) is 3.79. The number of methoxy groups -OCH3 is 2. The molecule has 146 valence electrons. The van der Waals surface area contributed by atoms with Crippen LogP contribution in [0.5, 0.6) is 0 Å². The van der Waals surface area contributed by atoms with Crippen molar-refractivity contribution in [2.45, 2.75) is 13.8 Å². The van der Waals surface area contributed by atoms with Crippen LogP contribution >= 0.6 is 11.3 Å². The predicted molar refractivity (Wildman–Crippen MR) is 100 cm³/mol. The van der Waals surface area contributed by atoms with Crippen molar-refractivity contribution in [3.05, 3.63) is 60.6 Å². The lowest BCUT2D eigenvalue weighted by atomic mass is 10.0. The van der Waals surface area contributed by atoms with E-state index in [0.29, 0.717) is 5.69 Å². The second-order valence-corrected chi connectivity index (χ2v) is 6.54. The highest BCUT2D eigenvalue weighted by Crippen LogP contribution is 2.24. The molecule has 2 rings (SSSR count). The quantitative estimate of drug-likeness (QED) is 0.324. The minimum Gasteiger partial charge on any atom is -0.465 e. The number of nitro groups is 1. The maximum Gasteiger partial charge on any atom is 0.349 e. The zero-order valence-corrected chi connectivity index (χ0v) is 16.3. The first-order valence-corrected chi connectivity index (χ1v) is 8.67. The number of nitro benzene ring substituents is 1. The van der Waals surface area contributed by atoms with Gasteiger partial charge in [-0.05, 0) is 31.5 Å². The van der Waals surface area contributed by atoms with E-state index in [9.17, 15) is 24.5 Å². The summed E-state index contributed by atoms with van der Waals surface area (Å²) in [6, 6.07) is 5.37. The first-order valence-electron chi connectivity index (χ1n) is 7.85. The minimum atomic E-state index is -0.779. The molecule has 0 aliphatic heterocycles. The van der Waals surface area contributed by atoms with E-state index in [1.807, 2.05) is 0 Å². The van der Waals surface area contributed by atoms with Crippen LogP contribution in [0.15, 0.2) is 29.3 Å². The van der Waals surface area contributed by atoms with Crippen molar-refractivity contribution in [3.63, 3.8) is 0 Å². The van der Waals surface area contributed by atoms with Crippen molar-refractivity contribution >= 4 is 40.4 Å². The lowest BCUT2D eigenvalue weighted by molar-refractivity contribution is -0.384. The van der Waals surface area contributed by atoms with Crippen LogP contribution in [0.2, 0.25) is 0 Å². The number of carbonyl (C=O) groups excluding carboxylic acids is 3. The van der Waals surface area contributed by atoms with Gasteiger partial charge in [0, 0.05) is 12.1 Å². The maximum atomic E-state index is 12.2. The average Bonchev–Trinajstić information content (AvgIpc) is 2.66. The fourth-order valence-electron chi connectivity index (χ4n) is 2.50. The molecule has 0 aliphatic carbocycles. The number of hydrogen-bond acceptors (Lipinski definition) is 9. The summed E-state index contributed by atoms with van der Waals surface area (Å²) in [4.78, 5) is 51.1. The molecule has 28 heavy (non-hydrogen) atoms. The van der Waals surface area contributed by atoms with E-state index in [2.05, 4.69) is 4.99 Å². The van der Waals surface area contributed by atoms with Gasteiger partial charge in [0.05, 0.1) is 36.0 Å². The number of nitrogens with zero attached hydrogens (tertiary/aromatic N) is 2. The van der Waals surface area contributed by atoms with E-state index in [-0.39, 0.29) is 37.7 Å². The molecule has 0 aliphatic rings. The Hall–Kier alpha value is -3.40. The molecule has 0 radical (unpaired) electrons. The molecular weight excluding hydrogens is 388 g/mol. The number of non-ortho nitro benzene ring substituents is 1. The van der Waals surface area contributed by atoms with Crippen molar-refractivity contribution in [2.24, 2.45) is 4.99 Å². The van der Waals surface area contributed by atoms with Crippen LogP contribution in [0.4, 0.5) is 11.4 Å². The Morgan fingerprint density at radius 3 is 2.07 bits per heavy atom. The number of Topliss-reactive ketones (excluding diaryl/α,β-unsaturated/α-hetero) is 1. The van der Waals surface area contributed by atoms with Gasteiger partial charge in [-0.15, -0.1) is 11.3 Å². The number of esters is 2. The number of ether oxygens (including phenoxy) is 2. The Balaban J connectivity index is 2.84. The monoisotopic (exact) mass is 404 g/mol. The molecule has 2 aromatic rings. The molecule has 0 amide bonds. The highest BCUT2D eigenvalue weighted by atomic mass is 32.1. The molecular formula is C18H16N2O7S. The van der Waals surface area contributed by atoms with Gasteiger partial charge in [-0.2, -0.15) is 0 Å². The molecule has 0 fully saturated rings. The molecule has 1 aromatic carbocycles. The molecule has 0 saturated carbocycles. The second-order valence-electron chi connectivity index (χ2n) is 5.54. The first-order chi connectivity index (χ1) is 13.2. The molecule has 1 aromatic heterocycles. The first kappa shape index (κ1) is 20.9. The predicted octanol–water partition coefficient (Wildman–Crippen LogP) is 2.97. The molecule has 0 bridgehead atoms. The van der Waals surface area contributed by atoms with Crippen LogP contribution < -0.4 is 4.67 Å². The Kier molecular flexibility index (Phi) is 6.37. The molecule has 0 atom stereocenters. The second kappa shape index (κ2) is 8.53. The Morgan fingerprint density at radius 2 is 1.61 bits per heavy atom. The van der Waals surface area contributed by atoms with Crippen LogP contribution in [-0.4, -0.2) is 36.9 Å². The van der Waals surface area contributed by atoms with Gasteiger partial charge in [0.2, 0.25) is 0 Å². The summed E-state index contributed by atoms with van der Waals surface area (Å²) in [5.41, 5.74) is 0.551. The van der Waals surface area contributed by atoms with Gasteiger partial charge < -0.3 is 9.47 Å². The standard InChI is InChI=1S/C18H16N2O7S/c1-9-13(10(2)21)16(19-11-5-7-12(8-6-11)20(24)25)28-15(18(23)27-4)14(9)17(22)26-3/h5-8H,1-4H3. The minimum absolute atomic E-state index is 0.0579. The lowest BCUT2D eigenvalue weighted by Crippen LogP contribution is -2.22. The van der Waals surface area contributed by atoms with E-state index in [0.717, 1.165) is 25.6 Å². The fourth-order valence-corrected chi connectivity index (χ4v) is 3.75. The van der Waals surface area contributed by atoms with Gasteiger partial charge in [-0.3, -0.25) is 14.9 Å². The third kappa shape index (κ3) is 4.12. The summed E-state index contributed by atoms with van der Waals surface area (Å²) >= 11 is 0.803. The summed E-state index contributed by atoms with van der Waals surface area (Å²) in [7, 11) is 2.33. The van der Waals surface area contributed by atoms with Gasteiger partial charge in [-0.1, -0.05) is 0 Å². The van der Waals surface area contributed by atoms with Gasteiger partial charge >= 0.3 is 11.9 Å². The smallest absolute Gasteiger partial charge is 0.349 e. The highest BCUT2D eigenvalue weighted by molar-refractivity contribution is 7.11. The Morgan fingerprint density at radius 1 is 1.04 bits per heavy atom. The van der Waals surface area contributed by atoms with Crippen molar-refractivity contribution in [3.8, 4) is 0 Å². The Labute approximate surface area is 163 Å². The maximum absolute atomic E-state index is 12.2. The van der Waals surface area contributed by atoms with Crippen LogP contribution in [0, 0.1) is 17.0 Å². The van der Waals surface area contributed by atoms with E-state index in [4.69, 9.17) is 9.47 Å². The third-order valence-corrected chi connectivity index (χ3v) is 4.86. The molecule has 0 spiro atoms. The fraction of sp³-hybridized carbons (Fsp3) is 0.222.